The van der Waals surface area contributed by atoms with Crippen LogP contribution in [0, 0.1) is 5.82 Å². The first-order chi connectivity index (χ1) is 17.7. The predicted molar refractivity (Wildman–Crippen MR) is 141 cm³/mol. The summed E-state index contributed by atoms with van der Waals surface area (Å²) in [6, 6.07) is 28.9. The minimum absolute atomic E-state index is 0.262. The summed E-state index contributed by atoms with van der Waals surface area (Å²) in [6.45, 7) is 3.44. The van der Waals surface area contributed by atoms with Gasteiger partial charge in [0.15, 0.2) is 5.65 Å². The second-order valence-corrected chi connectivity index (χ2v) is 8.85. The van der Waals surface area contributed by atoms with E-state index in [4.69, 9.17) is 14.8 Å². The second-order valence-electron chi connectivity index (χ2n) is 8.85. The number of nitrogens with zero attached hydrogens (tertiary/aromatic N) is 5. The highest BCUT2D eigenvalue weighted by Gasteiger charge is 2.22. The van der Waals surface area contributed by atoms with Crippen molar-refractivity contribution in [1.82, 2.24) is 14.6 Å². The summed E-state index contributed by atoms with van der Waals surface area (Å²) in [4.78, 5) is 9.66. The van der Waals surface area contributed by atoms with Crippen molar-refractivity contribution < 1.29 is 9.13 Å². The number of piperazine rings is 1. The molecule has 1 aliphatic rings. The van der Waals surface area contributed by atoms with Crippen molar-refractivity contribution in [3.8, 4) is 28.3 Å². The molecule has 1 aliphatic heterocycles. The largest absolute Gasteiger partial charge is 0.497 e. The van der Waals surface area contributed by atoms with Gasteiger partial charge in [-0.25, -0.2) is 9.37 Å². The van der Waals surface area contributed by atoms with Gasteiger partial charge in [-0.05, 0) is 36.4 Å². The van der Waals surface area contributed by atoms with Crippen LogP contribution in [0.15, 0.2) is 91.0 Å². The lowest BCUT2D eigenvalue weighted by Crippen LogP contribution is -2.47. The van der Waals surface area contributed by atoms with Gasteiger partial charge in [-0.3, -0.25) is 0 Å². The van der Waals surface area contributed by atoms with Crippen LogP contribution >= 0.6 is 0 Å². The molecule has 3 heterocycles. The van der Waals surface area contributed by atoms with Crippen LogP contribution in [-0.2, 0) is 0 Å². The first kappa shape index (κ1) is 22.1. The van der Waals surface area contributed by atoms with E-state index in [-0.39, 0.29) is 5.82 Å². The second kappa shape index (κ2) is 9.34. The molecule has 0 unspecified atom stereocenters. The van der Waals surface area contributed by atoms with Crippen LogP contribution in [0.5, 0.6) is 5.75 Å². The van der Waals surface area contributed by atoms with Crippen molar-refractivity contribution >= 4 is 17.2 Å². The Labute approximate surface area is 209 Å². The van der Waals surface area contributed by atoms with Crippen LogP contribution in [0.25, 0.3) is 28.2 Å². The van der Waals surface area contributed by atoms with Crippen LogP contribution in [-0.4, -0.2) is 47.9 Å². The Bertz CT molecular complexity index is 1490. The van der Waals surface area contributed by atoms with Crippen molar-refractivity contribution in [2.45, 2.75) is 0 Å². The van der Waals surface area contributed by atoms with Gasteiger partial charge in [0.2, 0.25) is 0 Å². The maximum Gasteiger partial charge on any atom is 0.158 e. The molecule has 2 aromatic heterocycles. The van der Waals surface area contributed by atoms with E-state index >= 15 is 0 Å². The standard InChI is InChI=1S/C29H26FN5O/c1-36-25-9-5-8-24(18-25)33-14-16-34(17-15-33)29-20-26(21-6-3-2-4-7-21)31-28-19-27(32-35(28)29)22-10-12-23(30)13-11-22/h2-13,18-20H,14-17H2,1H3. The molecule has 0 bridgehead atoms. The number of aromatic nitrogens is 3. The normalized spacial score (nSPS) is 13.8. The Morgan fingerprint density at radius 2 is 1.44 bits per heavy atom. The van der Waals surface area contributed by atoms with Crippen molar-refractivity contribution in [2.24, 2.45) is 0 Å². The molecule has 0 atom stereocenters. The molecule has 3 aromatic carbocycles. The number of methoxy groups -OCH3 is 1. The number of halogens is 1. The molecule has 0 amide bonds. The average molecular weight is 480 g/mol. The van der Waals surface area contributed by atoms with Gasteiger partial charge in [0.25, 0.3) is 0 Å². The zero-order valence-electron chi connectivity index (χ0n) is 20.0. The third kappa shape index (κ3) is 4.24. The third-order valence-corrected chi connectivity index (χ3v) is 6.64. The zero-order chi connectivity index (χ0) is 24.5. The summed E-state index contributed by atoms with van der Waals surface area (Å²) in [5.41, 5.74) is 5.51. The Morgan fingerprint density at radius 3 is 2.19 bits per heavy atom. The molecular formula is C29H26FN5O. The van der Waals surface area contributed by atoms with Gasteiger partial charge in [-0.2, -0.15) is 9.61 Å². The van der Waals surface area contributed by atoms with Gasteiger partial charge in [0.05, 0.1) is 18.5 Å². The quantitative estimate of drug-likeness (QED) is 0.331. The van der Waals surface area contributed by atoms with E-state index < -0.39 is 0 Å². The van der Waals surface area contributed by atoms with E-state index in [2.05, 4.69) is 40.1 Å². The number of hydrogen-bond donors (Lipinski definition) is 0. The molecule has 0 aliphatic carbocycles. The smallest absolute Gasteiger partial charge is 0.158 e. The number of hydrogen-bond acceptors (Lipinski definition) is 5. The summed E-state index contributed by atoms with van der Waals surface area (Å²) in [6.07, 6.45) is 0. The highest BCUT2D eigenvalue weighted by Crippen LogP contribution is 2.29. The number of rotatable bonds is 5. The maximum atomic E-state index is 13.5. The fraction of sp³-hybridized carbons (Fsp3) is 0.172. The highest BCUT2D eigenvalue weighted by molar-refractivity contribution is 5.71. The lowest BCUT2D eigenvalue weighted by molar-refractivity contribution is 0.414. The fourth-order valence-corrected chi connectivity index (χ4v) is 4.70. The highest BCUT2D eigenvalue weighted by atomic mass is 19.1. The van der Waals surface area contributed by atoms with E-state index in [1.54, 1.807) is 19.2 Å². The predicted octanol–water partition coefficient (Wildman–Crippen LogP) is 5.54. The van der Waals surface area contributed by atoms with E-state index in [9.17, 15) is 4.39 Å². The van der Waals surface area contributed by atoms with E-state index in [1.807, 2.05) is 40.9 Å². The first-order valence-electron chi connectivity index (χ1n) is 12.0. The van der Waals surface area contributed by atoms with Gasteiger partial charge >= 0.3 is 0 Å². The molecule has 5 aromatic rings. The monoisotopic (exact) mass is 479 g/mol. The van der Waals surface area contributed by atoms with Crippen LogP contribution in [0.3, 0.4) is 0 Å². The maximum absolute atomic E-state index is 13.5. The number of anilines is 2. The number of fused-ring (bicyclic) bond motifs is 1. The molecule has 1 saturated heterocycles. The van der Waals surface area contributed by atoms with Crippen LogP contribution in [0.4, 0.5) is 15.9 Å². The molecule has 180 valence electrons. The fourth-order valence-electron chi connectivity index (χ4n) is 4.70. The van der Waals surface area contributed by atoms with Gasteiger partial charge in [0, 0.05) is 61.2 Å². The lowest BCUT2D eigenvalue weighted by atomic mass is 10.1. The first-order valence-corrected chi connectivity index (χ1v) is 12.0. The van der Waals surface area contributed by atoms with Gasteiger partial charge in [-0.1, -0.05) is 36.4 Å². The Balaban J connectivity index is 1.36. The van der Waals surface area contributed by atoms with Crippen molar-refractivity contribution in [2.75, 3.05) is 43.1 Å². The number of ether oxygens (including phenoxy) is 1. The van der Waals surface area contributed by atoms with Gasteiger partial charge in [0.1, 0.15) is 17.4 Å². The molecular weight excluding hydrogens is 453 g/mol. The molecule has 1 fully saturated rings. The number of benzene rings is 3. The zero-order valence-corrected chi connectivity index (χ0v) is 20.0. The minimum atomic E-state index is -0.262. The third-order valence-electron chi connectivity index (χ3n) is 6.64. The molecule has 0 spiro atoms. The Hall–Kier alpha value is -4.39. The van der Waals surface area contributed by atoms with Crippen LogP contribution in [0.1, 0.15) is 0 Å². The average Bonchev–Trinajstić information content (AvgIpc) is 3.38. The summed E-state index contributed by atoms with van der Waals surface area (Å²) in [5, 5.41) is 4.88. The van der Waals surface area contributed by atoms with Crippen molar-refractivity contribution in [1.29, 1.82) is 0 Å². The Kier molecular flexibility index (Phi) is 5.73. The van der Waals surface area contributed by atoms with Crippen molar-refractivity contribution in [3.05, 3.63) is 96.8 Å². The summed E-state index contributed by atoms with van der Waals surface area (Å²) < 4.78 is 20.8. The molecule has 6 nitrogen and oxygen atoms in total. The summed E-state index contributed by atoms with van der Waals surface area (Å²) in [7, 11) is 1.69. The topological polar surface area (TPSA) is 45.9 Å². The van der Waals surface area contributed by atoms with E-state index in [0.29, 0.717) is 0 Å². The van der Waals surface area contributed by atoms with E-state index in [1.165, 1.54) is 12.1 Å². The van der Waals surface area contributed by atoms with E-state index in [0.717, 1.165) is 71.6 Å². The molecule has 0 N–H and O–H groups in total. The van der Waals surface area contributed by atoms with Crippen LogP contribution < -0.4 is 14.5 Å². The minimum Gasteiger partial charge on any atom is -0.497 e. The molecule has 36 heavy (non-hydrogen) atoms. The van der Waals surface area contributed by atoms with Crippen LogP contribution in [0.2, 0.25) is 0 Å². The molecule has 0 saturated carbocycles. The molecule has 0 radical (unpaired) electrons. The molecule has 6 rings (SSSR count). The SMILES string of the molecule is COc1cccc(N2CCN(c3cc(-c4ccccc4)nc4cc(-c5ccc(F)cc5)nn34)CC2)c1. The summed E-state index contributed by atoms with van der Waals surface area (Å²) >= 11 is 0. The van der Waals surface area contributed by atoms with Gasteiger partial charge in [-0.15, -0.1) is 0 Å². The summed E-state index contributed by atoms with van der Waals surface area (Å²) in [5.74, 6) is 1.60. The van der Waals surface area contributed by atoms with Crippen molar-refractivity contribution in [3.63, 3.8) is 0 Å². The van der Waals surface area contributed by atoms with Gasteiger partial charge < -0.3 is 14.5 Å². The Morgan fingerprint density at radius 1 is 0.722 bits per heavy atom. The molecule has 7 heteroatoms. The lowest BCUT2D eigenvalue weighted by Gasteiger charge is -2.37.